The number of anilines is 3. The van der Waals surface area contributed by atoms with Crippen molar-refractivity contribution in [1.82, 2.24) is 0 Å². The first kappa shape index (κ1) is 14.2. The topological polar surface area (TPSA) is 67.1 Å². The van der Waals surface area contributed by atoms with E-state index in [1.165, 1.54) is 19.3 Å². The SMILES string of the molecule is CC1CC(C)CC(Nc2cc3c(cc2N)CCC(=O)N3)C1. The molecule has 2 aliphatic rings. The Morgan fingerprint density at radius 2 is 1.86 bits per heavy atom. The lowest BCUT2D eigenvalue weighted by Gasteiger charge is -2.33. The van der Waals surface area contributed by atoms with Crippen molar-refractivity contribution in [3.8, 4) is 0 Å². The number of hydrogen-bond acceptors (Lipinski definition) is 3. The number of nitrogens with one attached hydrogen (secondary N) is 2. The van der Waals surface area contributed by atoms with Crippen LogP contribution in [0.3, 0.4) is 0 Å². The fraction of sp³-hybridized carbons (Fsp3) is 0.588. The van der Waals surface area contributed by atoms with Crippen LogP contribution in [-0.4, -0.2) is 11.9 Å². The summed E-state index contributed by atoms with van der Waals surface area (Å²) in [7, 11) is 0. The predicted octanol–water partition coefficient (Wildman–Crippen LogP) is 3.39. The van der Waals surface area contributed by atoms with Crippen molar-refractivity contribution >= 4 is 23.0 Å². The van der Waals surface area contributed by atoms with Gasteiger partial charge in [-0.3, -0.25) is 4.79 Å². The number of carbonyl (C=O) groups is 1. The van der Waals surface area contributed by atoms with Gasteiger partial charge < -0.3 is 16.4 Å². The van der Waals surface area contributed by atoms with Gasteiger partial charge in [0.1, 0.15) is 0 Å². The number of nitrogen functional groups attached to an aromatic ring is 1. The Morgan fingerprint density at radius 1 is 1.14 bits per heavy atom. The quantitative estimate of drug-likeness (QED) is 0.730. The molecule has 114 valence electrons. The van der Waals surface area contributed by atoms with Gasteiger partial charge in [-0.2, -0.15) is 0 Å². The Hall–Kier alpha value is -1.71. The molecule has 4 N–H and O–H groups in total. The van der Waals surface area contributed by atoms with E-state index in [1.807, 2.05) is 12.1 Å². The minimum atomic E-state index is 0.0955. The van der Waals surface area contributed by atoms with Crippen LogP contribution in [0, 0.1) is 11.8 Å². The van der Waals surface area contributed by atoms with Crippen molar-refractivity contribution in [1.29, 1.82) is 0 Å². The summed E-state index contributed by atoms with van der Waals surface area (Å²) in [5.41, 5.74) is 10.00. The van der Waals surface area contributed by atoms with Crippen LogP contribution in [0.1, 0.15) is 45.1 Å². The van der Waals surface area contributed by atoms with Crippen LogP contribution in [0.5, 0.6) is 0 Å². The van der Waals surface area contributed by atoms with Crippen molar-refractivity contribution in [2.45, 2.75) is 52.0 Å². The zero-order chi connectivity index (χ0) is 15.0. The van der Waals surface area contributed by atoms with Crippen LogP contribution < -0.4 is 16.4 Å². The molecular weight excluding hydrogens is 262 g/mol. The lowest BCUT2D eigenvalue weighted by Crippen LogP contribution is -2.30. The number of nitrogens with two attached hydrogens (primary N) is 1. The van der Waals surface area contributed by atoms with Gasteiger partial charge in [0.2, 0.25) is 5.91 Å². The third kappa shape index (κ3) is 3.14. The Labute approximate surface area is 126 Å². The molecule has 2 unspecified atom stereocenters. The second-order valence-electron chi connectivity index (χ2n) is 6.90. The van der Waals surface area contributed by atoms with Gasteiger partial charge in [0, 0.05) is 18.2 Å². The second kappa shape index (κ2) is 5.58. The number of carbonyl (C=O) groups excluding carboxylic acids is 1. The largest absolute Gasteiger partial charge is 0.397 e. The minimum Gasteiger partial charge on any atom is -0.397 e. The average Bonchev–Trinajstić information content (AvgIpc) is 2.39. The normalized spacial score (nSPS) is 28.7. The van der Waals surface area contributed by atoms with Gasteiger partial charge in [0.15, 0.2) is 0 Å². The third-order valence-corrected chi connectivity index (χ3v) is 4.71. The van der Waals surface area contributed by atoms with E-state index in [2.05, 4.69) is 24.5 Å². The third-order valence-electron chi connectivity index (χ3n) is 4.71. The number of fused-ring (bicyclic) bond motifs is 1. The van der Waals surface area contributed by atoms with Crippen molar-refractivity contribution in [3.63, 3.8) is 0 Å². The maximum atomic E-state index is 11.5. The Morgan fingerprint density at radius 3 is 2.57 bits per heavy atom. The molecule has 1 amide bonds. The van der Waals surface area contributed by atoms with Gasteiger partial charge in [0.25, 0.3) is 0 Å². The highest BCUT2D eigenvalue weighted by Gasteiger charge is 2.25. The summed E-state index contributed by atoms with van der Waals surface area (Å²) in [6, 6.07) is 4.49. The summed E-state index contributed by atoms with van der Waals surface area (Å²) in [6.45, 7) is 4.64. The van der Waals surface area contributed by atoms with Gasteiger partial charge in [-0.15, -0.1) is 0 Å². The minimum absolute atomic E-state index is 0.0955. The van der Waals surface area contributed by atoms with Crippen molar-refractivity contribution in [2.24, 2.45) is 11.8 Å². The number of rotatable bonds is 2. The second-order valence-corrected chi connectivity index (χ2v) is 6.90. The maximum Gasteiger partial charge on any atom is 0.224 e. The summed E-state index contributed by atoms with van der Waals surface area (Å²) in [6.07, 6.45) is 5.02. The van der Waals surface area contributed by atoms with Crippen LogP contribution >= 0.6 is 0 Å². The molecule has 2 atom stereocenters. The van der Waals surface area contributed by atoms with Crippen LogP contribution in [0.2, 0.25) is 0 Å². The van der Waals surface area contributed by atoms with Crippen LogP contribution in [0.25, 0.3) is 0 Å². The van der Waals surface area contributed by atoms with E-state index < -0.39 is 0 Å². The molecule has 21 heavy (non-hydrogen) atoms. The van der Waals surface area contributed by atoms with E-state index in [-0.39, 0.29) is 5.91 Å². The molecule has 0 saturated heterocycles. The molecule has 1 saturated carbocycles. The average molecular weight is 287 g/mol. The molecular formula is C17H25N3O. The lowest BCUT2D eigenvalue weighted by atomic mass is 9.80. The Kier molecular flexibility index (Phi) is 3.79. The summed E-state index contributed by atoms with van der Waals surface area (Å²) >= 11 is 0. The Balaban J connectivity index is 1.79. The van der Waals surface area contributed by atoms with Gasteiger partial charge in [0.05, 0.1) is 11.4 Å². The molecule has 1 heterocycles. The highest BCUT2D eigenvalue weighted by Crippen LogP contribution is 2.35. The first-order chi connectivity index (χ1) is 10.0. The molecule has 4 heteroatoms. The van der Waals surface area contributed by atoms with Gasteiger partial charge in [-0.25, -0.2) is 0 Å². The van der Waals surface area contributed by atoms with Crippen molar-refractivity contribution in [2.75, 3.05) is 16.4 Å². The first-order valence-corrected chi connectivity index (χ1v) is 8.00. The summed E-state index contributed by atoms with van der Waals surface area (Å²) in [5, 5.41) is 6.55. The number of amides is 1. The summed E-state index contributed by atoms with van der Waals surface area (Å²) in [5.74, 6) is 1.60. The molecule has 1 aliphatic heterocycles. The molecule has 0 bridgehead atoms. The highest BCUT2D eigenvalue weighted by molar-refractivity contribution is 5.95. The predicted molar refractivity (Wildman–Crippen MR) is 87.4 cm³/mol. The fourth-order valence-corrected chi connectivity index (χ4v) is 3.86. The van der Waals surface area contributed by atoms with E-state index in [1.54, 1.807) is 0 Å². The fourth-order valence-electron chi connectivity index (χ4n) is 3.86. The molecule has 1 fully saturated rings. The van der Waals surface area contributed by atoms with Gasteiger partial charge >= 0.3 is 0 Å². The summed E-state index contributed by atoms with van der Waals surface area (Å²) < 4.78 is 0. The maximum absolute atomic E-state index is 11.5. The van der Waals surface area contributed by atoms with E-state index >= 15 is 0 Å². The monoisotopic (exact) mass is 287 g/mol. The van der Waals surface area contributed by atoms with E-state index in [9.17, 15) is 4.79 Å². The molecule has 0 spiro atoms. The molecule has 3 rings (SSSR count). The van der Waals surface area contributed by atoms with Gasteiger partial charge in [-0.05, 0) is 55.2 Å². The number of benzene rings is 1. The van der Waals surface area contributed by atoms with Crippen LogP contribution in [0.15, 0.2) is 12.1 Å². The molecule has 1 aromatic rings. The van der Waals surface area contributed by atoms with Crippen molar-refractivity contribution in [3.05, 3.63) is 17.7 Å². The highest BCUT2D eigenvalue weighted by atomic mass is 16.1. The van der Waals surface area contributed by atoms with Crippen LogP contribution in [0.4, 0.5) is 17.1 Å². The first-order valence-electron chi connectivity index (χ1n) is 8.00. The zero-order valence-corrected chi connectivity index (χ0v) is 12.9. The molecule has 4 nitrogen and oxygen atoms in total. The number of hydrogen-bond donors (Lipinski definition) is 3. The molecule has 0 aromatic heterocycles. The Bertz CT molecular complexity index is 545. The standard InChI is InChI=1S/C17H25N3O/c1-10-5-11(2)7-13(6-10)19-16-9-15-12(8-14(16)18)3-4-17(21)20-15/h8-11,13,19H,3-7,18H2,1-2H3,(H,20,21). The smallest absolute Gasteiger partial charge is 0.224 e. The molecule has 1 aliphatic carbocycles. The van der Waals surface area contributed by atoms with E-state index in [0.717, 1.165) is 40.9 Å². The molecule has 1 aromatic carbocycles. The lowest BCUT2D eigenvalue weighted by molar-refractivity contribution is -0.116. The zero-order valence-electron chi connectivity index (χ0n) is 12.9. The van der Waals surface area contributed by atoms with E-state index in [4.69, 9.17) is 5.73 Å². The molecule has 0 radical (unpaired) electrons. The van der Waals surface area contributed by atoms with Gasteiger partial charge in [-0.1, -0.05) is 13.8 Å². The van der Waals surface area contributed by atoms with Crippen LogP contribution in [-0.2, 0) is 11.2 Å². The summed E-state index contributed by atoms with van der Waals surface area (Å²) in [4.78, 5) is 11.5. The van der Waals surface area contributed by atoms with E-state index in [0.29, 0.717) is 12.5 Å². The van der Waals surface area contributed by atoms with Crippen molar-refractivity contribution < 1.29 is 4.79 Å². The number of aryl methyl sites for hydroxylation is 1.